The average Bonchev–Trinajstić information content (AvgIpc) is 2.40. The van der Waals surface area contributed by atoms with Crippen LogP contribution in [0.2, 0.25) is 0 Å². The summed E-state index contributed by atoms with van der Waals surface area (Å²) in [4.78, 5) is 2.77. The Balaban J connectivity index is 2.54. The van der Waals surface area contributed by atoms with Gasteiger partial charge in [0.05, 0.1) is 6.61 Å². The van der Waals surface area contributed by atoms with Gasteiger partial charge in [-0.3, -0.25) is 0 Å². The first-order valence-corrected chi connectivity index (χ1v) is 8.06. The van der Waals surface area contributed by atoms with Crippen LogP contribution < -0.4 is 0 Å². The van der Waals surface area contributed by atoms with Gasteiger partial charge in [0, 0.05) is 13.2 Å². The van der Waals surface area contributed by atoms with E-state index in [1.807, 2.05) is 7.11 Å². The second-order valence-electron chi connectivity index (χ2n) is 5.81. The van der Waals surface area contributed by atoms with Crippen molar-refractivity contribution in [2.45, 2.75) is 71.3 Å². The van der Waals surface area contributed by atoms with Crippen LogP contribution in [0.3, 0.4) is 0 Å². The van der Waals surface area contributed by atoms with E-state index in [1.165, 1.54) is 64.5 Å². The fourth-order valence-electron chi connectivity index (χ4n) is 3.24. The molecule has 0 N–H and O–H groups in total. The Kier molecular flexibility index (Phi) is 8.70. The van der Waals surface area contributed by atoms with E-state index >= 15 is 0 Å². The SMILES string of the molecule is CCCCN(CCCC)C1CCCCC1COC. The minimum absolute atomic E-state index is 0.775. The highest BCUT2D eigenvalue weighted by Gasteiger charge is 2.29. The quantitative estimate of drug-likeness (QED) is 0.615. The standard InChI is InChI=1S/C16H33NO/c1-4-6-12-17(13-7-5-2)16-11-9-8-10-15(16)14-18-3/h15-16H,4-14H2,1-3H3. The first kappa shape index (κ1) is 16.0. The Morgan fingerprint density at radius 3 is 2.17 bits per heavy atom. The molecular formula is C16H33NO. The van der Waals surface area contributed by atoms with E-state index in [0.717, 1.165) is 18.6 Å². The van der Waals surface area contributed by atoms with Gasteiger partial charge in [-0.05, 0) is 44.7 Å². The minimum Gasteiger partial charge on any atom is -0.384 e. The third-order valence-corrected chi connectivity index (χ3v) is 4.32. The molecule has 1 rings (SSSR count). The normalized spacial score (nSPS) is 24.7. The van der Waals surface area contributed by atoms with Gasteiger partial charge in [-0.15, -0.1) is 0 Å². The van der Waals surface area contributed by atoms with E-state index in [4.69, 9.17) is 4.74 Å². The molecule has 18 heavy (non-hydrogen) atoms. The third kappa shape index (κ3) is 5.27. The summed E-state index contributed by atoms with van der Waals surface area (Å²) in [7, 11) is 1.86. The van der Waals surface area contributed by atoms with E-state index in [1.54, 1.807) is 0 Å². The van der Waals surface area contributed by atoms with Gasteiger partial charge in [-0.2, -0.15) is 0 Å². The van der Waals surface area contributed by atoms with Gasteiger partial charge in [-0.1, -0.05) is 39.5 Å². The molecule has 0 heterocycles. The van der Waals surface area contributed by atoms with Crippen LogP contribution in [0.5, 0.6) is 0 Å². The summed E-state index contributed by atoms with van der Waals surface area (Å²) in [5.41, 5.74) is 0. The third-order valence-electron chi connectivity index (χ3n) is 4.32. The lowest BCUT2D eigenvalue weighted by molar-refractivity contribution is 0.0453. The lowest BCUT2D eigenvalue weighted by Crippen LogP contribution is -2.45. The molecule has 1 aliphatic carbocycles. The summed E-state index contributed by atoms with van der Waals surface area (Å²) in [6.45, 7) is 8.14. The number of rotatable bonds is 9. The van der Waals surface area contributed by atoms with Gasteiger partial charge in [-0.25, -0.2) is 0 Å². The van der Waals surface area contributed by atoms with Gasteiger partial charge < -0.3 is 9.64 Å². The van der Waals surface area contributed by atoms with Gasteiger partial charge >= 0.3 is 0 Å². The van der Waals surface area contributed by atoms with Crippen LogP contribution in [0, 0.1) is 5.92 Å². The fourth-order valence-corrected chi connectivity index (χ4v) is 3.24. The zero-order chi connectivity index (χ0) is 13.2. The van der Waals surface area contributed by atoms with Crippen LogP contribution in [0.4, 0.5) is 0 Å². The summed E-state index contributed by atoms with van der Waals surface area (Å²) in [6.07, 6.45) is 10.9. The predicted molar refractivity (Wildman–Crippen MR) is 79.0 cm³/mol. The zero-order valence-electron chi connectivity index (χ0n) is 12.8. The molecule has 2 heteroatoms. The molecule has 0 radical (unpaired) electrons. The minimum atomic E-state index is 0.775. The summed E-state index contributed by atoms with van der Waals surface area (Å²) < 4.78 is 5.44. The Labute approximate surface area is 114 Å². The molecule has 1 saturated carbocycles. The Morgan fingerprint density at radius 1 is 1.00 bits per heavy atom. The lowest BCUT2D eigenvalue weighted by atomic mass is 9.83. The second kappa shape index (κ2) is 9.80. The van der Waals surface area contributed by atoms with Gasteiger partial charge in [0.2, 0.25) is 0 Å². The Morgan fingerprint density at radius 2 is 1.61 bits per heavy atom. The lowest BCUT2D eigenvalue weighted by Gasteiger charge is -2.40. The number of nitrogens with zero attached hydrogens (tertiary/aromatic N) is 1. The van der Waals surface area contributed by atoms with Crippen molar-refractivity contribution in [3.05, 3.63) is 0 Å². The fraction of sp³-hybridized carbons (Fsp3) is 1.00. The van der Waals surface area contributed by atoms with Crippen molar-refractivity contribution in [3.8, 4) is 0 Å². The molecule has 1 fully saturated rings. The highest BCUT2D eigenvalue weighted by Crippen LogP contribution is 2.29. The van der Waals surface area contributed by atoms with Crippen molar-refractivity contribution in [2.24, 2.45) is 5.92 Å². The zero-order valence-corrected chi connectivity index (χ0v) is 12.8. The summed E-state index contributed by atoms with van der Waals surface area (Å²) in [6, 6.07) is 0.789. The van der Waals surface area contributed by atoms with E-state index in [2.05, 4.69) is 18.7 Å². The molecule has 0 saturated heterocycles. The number of hydrogen-bond acceptors (Lipinski definition) is 2. The molecule has 0 aromatic heterocycles. The van der Waals surface area contributed by atoms with Crippen LogP contribution in [0.1, 0.15) is 65.2 Å². The van der Waals surface area contributed by atoms with Crippen molar-refractivity contribution < 1.29 is 4.74 Å². The summed E-state index contributed by atoms with van der Waals surface area (Å²) >= 11 is 0. The smallest absolute Gasteiger partial charge is 0.0505 e. The molecule has 1 aliphatic rings. The molecule has 0 amide bonds. The average molecular weight is 255 g/mol. The number of hydrogen-bond donors (Lipinski definition) is 0. The van der Waals surface area contributed by atoms with Crippen LogP contribution in [0.15, 0.2) is 0 Å². The van der Waals surface area contributed by atoms with Crippen molar-refractivity contribution in [2.75, 3.05) is 26.8 Å². The highest BCUT2D eigenvalue weighted by molar-refractivity contribution is 4.83. The Bertz CT molecular complexity index is 186. The molecule has 0 aliphatic heterocycles. The van der Waals surface area contributed by atoms with E-state index in [-0.39, 0.29) is 0 Å². The molecule has 0 bridgehead atoms. The van der Waals surface area contributed by atoms with E-state index in [9.17, 15) is 0 Å². The van der Waals surface area contributed by atoms with Crippen LogP contribution in [-0.4, -0.2) is 37.7 Å². The topological polar surface area (TPSA) is 12.5 Å². The van der Waals surface area contributed by atoms with E-state index < -0.39 is 0 Å². The van der Waals surface area contributed by atoms with Crippen LogP contribution in [-0.2, 0) is 4.74 Å². The van der Waals surface area contributed by atoms with Crippen LogP contribution in [0.25, 0.3) is 0 Å². The maximum atomic E-state index is 5.44. The number of unbranched alkanes of at least 4 members (excludes halogenated alkanes) is 2. The van der Waals surface area contributed by atoms with Gasteiger partial charge in [0.1, 0.15) is 0 Å². The second-order valence-corrected chi connectivity index (χ2v) is 5.81. The van der Waals surface area contributed by atoms with Gasteiger partial charge in [0.15, 0.2) is 0 Å². The van der Waals surface area contributed by atoms with Crippen LogP contribution >= 0.6 is 0 Å². The number of methoxy groups -OCH3 is 1. The maximum Gasteiger partial charge on any atom is 0.0505 e. The molecule has 2 atom stereocenters. The summed E-state index contributed by atoms with van der Waals surface area (Å²) in [5.74, 6) is 0.775. The molecule has 108 valence electrons. The molecular weight excluding hydrogens is 222 g/mol. The first-order valence-electron chi connectivity index (χ1n) is 8.06. The molecule has 2 unspecified atom stereocenters. The first-order chi connectivity index (χ1) is 8.83. The maximum absolute atomic E-state index is 5.44. The van der Waals surface area contributed by atoms with Crippen molar-refractivity contribution in [1.29, 1.82) is 0 Å². The van der Waals surface area contributed by atoms with Crippen molar-refractivity contribution >= 4 is 0 Å². The van der Waals surface area contributed by atoms with Crippen molar-refractivity contribution in [3.63, 3.8) is 0 Å². The van der Waals surface area contributed by atoms with Crippen molar-refractivity contribution in [1.82, 2.24) is 4.90 Å². The van der Waals surface area contributed by atoms with E-state index in [0.29, 0.717) is 0 Å². The van der Waals surface area contributed by atoms with Gasteiger partial charge in [0.25, 0.3) is 0 Å². The summed E-state index contributed by atoms with van der Waals surface area (Å²) in [5, 5.41) is 0. The predicted octanol–water partition coefficient (Wildman–Crippen LogP) is 4.09. The number of ether oxygens (including phenoxy) is 1. The molecule has 2 nitrogen and oxygen atoms in total. The monoisotopic (exact) mass is 255 g/mol. The highest BCUT2D eigenvalue weighted by atomic mass is 16.5. The Hall–Kier alpha value is -0.0800. The molecule has 0 aromatic carbocycles. The molecule has 0 spiro atoms. The largest absolute Gasteiger partial charge is 0.384 e. The molecule has 0 aromatic rings.